The highest BCUT2D eigenvalue weighted by atomic mass is 35.5. The minimum atomic E-state index is -1.07. The quantitative estimate of drug-likeness (QED) is 0.218. The maximum Gasteiger partial charge on any atom is 0.329 e. The van der Waals surface area contributed by atoms with Crippen molar-refractivity contribution in [1.29, 1.82) is 0 Å². The van der Waals surface area contributed by atoms with Crippen LogP contribution in [0.5, 0.6) is 17.2 Å². The minimum absolute atomic E-state index is 0.0242. The zero-order valence-electron chi connectivity index (χ0n) is 31.5. The third-order valence-electron chi connectivity index (χ3n) is 13.1. The van der Waals surface area contributed by atoms with E-state index in [1.165, 1.54) is 35.2 Å². The van der Waals surface area contributed by atoms with Gasteiger partial charge in [0, 0.05) is 60.9 Å². The lowest BCUT2D eigenvalue weighted by Crippen LogP contribution is -2.53. The number of rotatable bonds is 10. The number of ether oxygens (including phenoxy) is 3. The van der Waals surface area contributed by atoms with Crippen LogP contribution in [0.3, 0.4) is 0 Å². The van der Waals surface area contributed by atoms with Gasteiger partial charge in [-0.05, 0) is 136 Å². The van der Waals surface area contributed by atoms with Crippen LogP contribution in [0, 0.1) is 11.8 Å². The van der Waals surface area contributed by atoms with E-state index in [1.54, 1.807) is 0 Å². The Hall–Kier alpha value is -3.53. The first kappa shape index (κ1) is 36.4. The average Bonchev–Trinajstić information content (AvgIpc) is 3.42. The molecule has 3 heterocycles. The van der Waals surface area contributed by atoms with Crippen molar-refractivity contribution in [1.82, 2.24) is 14.8 Å². The van der Waals surface area contributed by atoms with Gasteiger partial charge in [-0.25, -0.2) is 4.79 Å². The molecule has 1 aromatic heterocycles. The number of fused-ring (bicyclic) bond motifs is 4. The molecule has 9 nitrogen and oxygen atoms in total. The van der Waals surface area contributed by atoms with Gasteiger partial charge in [-0.1, -0.05) is 31.5 Å². The number of benzene rings is 2. The second-order valence-corrected chi connectivity index (χ2v) is 17.2. The molecule has 284 valence electrons. The number of aryl methyl sites for hydroxylation is 1. The summed E-state index contributed by atoms with van der Waals surface area (Å²) in [7, 11) is 2.18. The molecule has 0 radical (unpaired) electrons. The Morgan fingerprint density at radius 2 is 1.92 bits per heavy atom. The molecule has 8 rings (SSSR count). The molecule has 2 unspecified atom stereocenters. The van der Waals surface area contributed by atoms with Crippen molar-refractivity contribution >= 4 is 23.3 Å². The highest BCUT2D eigenvalue weighted by Gasteiger charge is 2.54. The molecule has 1 spiro atoms. The Bertz CT molecular complexity index is 1800. The molecule has 5 aliphatic rings. The third-order valence-corrected chi connectivity index (χ3v) is 13.4. The van der Waals surface area contributed by atoms with Gasteiger partial charge in [-0.15, -0.1) is 0 Å². The normalized spacial score (nSPS) is 28.9. The number of carboxylic acid groups (broad SMARTS) is 1. The van der Waals surface area contributed by atoms with Gasteiger partial charge in [0.15, 0.2) is 11.5 Å². The molecule has 2 aromatic carbocycles. The number of nitrogens with zero attached hydrogens (tertiary/aromatic N) is 3. The summed E-state index contributed by atoms with van der Waals surface area (Å²) in [6, 6.07) is 13.9. The standard InChI is InChI=1S/C43H55ClN4O5/c1-28(26-51-37-10-15-45-36-9-4-6-29(2)40(36)37)20-31-21-30-22-38-39(53-34(27-52-38)25-48-18-16-47(3)17-19-48)24-35(30)42(31)11-13-43(14-12-42,41(49)50)46-33-8-5-7-32(44)23-33/h5,7-8,10,15,22-24,28-29,31,34,46H,4,6,9,11-14,16-21,25-27H2,1-3H3,(H,49,50)/t28-,29-,31?,34?,42?,43?/m1/s1. The van der Waals surface area contributed by atoms with Gasteiger partial charge >= 0.3 is 5.97 Å². The predicted molar refractivity (Wildman–Crippen MR) is 208 cm³/mol. The summed E-state index contributed by atoms with van der Waals surface area (Å²) in [5.41, 5.74) is 4.60. The van der Waals surface area contributed by atoms with Gasteiger partial charge < -0.3 is 29.5 Å². The van der Waals surface area contributed by atoms with Crippen LogP contribution in [0.25, 0.3) is 0 Å². The second kappa shape index (κ2) is 15.0. The van der Waals surface area contributed by atoms with Crippen LogP contribution < -0.4 is 19.5 Å². The molecule has 10 heteroatoms. The molecule has 2 aliphatic heterocycles. The Morgan fingerprint density at radius 3 is 2.70 bits per heavy atom. The minimum Gasteiger partial charge on any atom is -0.493 e. The molecule has 2 N–H and O–H groups in total. The highest BCUT2D eigenvalue weighted by molar-refractivity contribution is 6.30. The first-order chi connectivity index (χ1) is 25.6. The molecule has 0 amide bonds. The summed E-state index contributed by atoms with van der Waals surface area (Å²) in [5, 5.41) is 14.7. The summed E-state index contributed by atoms with van der Waals surface area (Å²) in [4.78, 5) is 22.6. The van der Waals surface area contributed by atoms with E-state index in [0.29, 0.717) is 48.8 Å². The fourth-order valence-corrected chi connectivity index (χ4v) is 10.3. The number of carboxylic acids is 1. The van der Waals surface area contributed by atoms with Crippen LogP contribution in [0.15, 0.2) is 48.7 Å². The fraction of sp³-hybridized carbons (Fsp3) is 0.581. The molecule has 2 fully saturated rings. The van der Waals surface area contributed by atoms with E-state index in [4.69, 9.17) is 25.8 Å². The number of aliphatic carboxylic acids is 1. The van der Waals surface area contributed by atoms with Crippen molar-refractivity contribution in [2.75, 3.05) is 58.3 Å². The topological polar surface area (TPSA) is 96.4 Å². The Morgan fingerprint density at radius 1 is 1.11 bits per heavy atom. The van der Waals surface area contributed by atoms with Crippen molar-refractivity contribution in [3.05, 3.63) is 76.1 Å². The van der Waals surface area contributed by atoms with E-state index in [9.17, 15) is 9.90 Å². The van der Waals surface area contributed by atoms with Crippen molar-refractivity contribution in [2.45, 2.75) is 94.6 Å². The highest BCUT2D eigenvalue weighted by Crippen LogP contribution is 2.58. The SMILES string of the molecule is C[C@@H](COc1ccnc2c1[C@H](C)CCC2)CC1Cc2cc3c(cc2C12CCC(Nc1cccc(Cl)c1)(C(=O)O)CC2)OC(CN1CCN(C)CC1)CO3. The first-order valence-electron chi connectivity index (χ1n) is 19.9. The molecule has 4 atom stereocenters. The van der Waals surface area contributed by atoms with Crippen LogP contribution in [0.1, 0.15) is 87.1 Å². The number of hydrogen-bond acceptors (Lipinski definition) is 8. The number of nitrogens with one attached hydrogen (secondary N) is 1. The Kier molecular flexibility index (Phi) is 10.3. The number of aromatic nitrogens is 1. The molecule has 53 heavy (non-hydrogen) atoms. The molecule has 1 saturated carbocycles. The number of anilines is 1. The van der Waals surface area contributed by atoms with E-state index in [1.807, 2.05) is 36.5 Å². The number of carbonyl (C=O) groups is 1. The number of hydrogen-bond donors (Lipinski definition) is 2. The Labute approximate surface area is 319 Å². The van der Waals surface area contributed by atoms with Crippen LogP contribution in [-0.2, 0) is 23.1 Å². The number of pyridine rings is 1. The number of likely N-dealkylation sites (N-methyl/N-ethyl adjacent to an activating group) is 1. The van der Waals surface area contributed by atoms with Crippen molar-refractivity contribution in [3.8, 4) is 17.2 Å². The number of halogens is 1. The molecule has 3 aromatic rings. The van der Waals surface area contributed by atoms with Crippen LogP contribution >= 0.6 is 11.6 Å². The average molecular weight is 743 g/mol. The zero-order valence-corrected chi connectivity index (χ0v) is 32.3. The predicted octanol–water partition coefficient (Wildman–Crippen LogP) is 7.59. The lowest BCUT2D eigenvalue weighted by Gasteiger charge is -2.47. The van der Waals surface area contributed by atoms with E-state index >= 15 is 0 Å². The van der Waals surface area contributed by atoms with Crippen molar-refractivity contribution < 1.29 is 24.1 Å². The summed E-state index contributed by atoms with van der Waals surface area (Å²) < 4.78 is 19.8. The summed E-state index contributed by atoms with van der Waals surface area (Å²) in [5.74, 6) is 2.94. The van der Waals surface area contributed by atoms with Crippen LogP contribution in [0.2, 0.25) is 5.02 Å². The maximum atomic E-state index is 13.1. The van der Waals surface area contributed by atoms with Gasteiger partial charge in [0.2, 0.25) is 0 Å². The van der Waals surface area contributed by atoms with Gasteiger partial charge in [-0.2, -0.15) is 0 Å². The zero-order chi connectivity index (χ0) is 36.7. The van der Waals surface area contributed by atoms with Crippen molar-refractivity contribution in [3.63, 3.8) is 0 Å². The van der Waals surface area contributed by atoms with Crippen LogP contribution in [-0.4, -0.2) is 90.5 Å². The Balaban J connectivity index is 1.04. The van der Waals surface area contributed by atoms with Crippen molar-refractivity contribution in [2.24, 2.45) is 11.8 Å². The lowest BCUT2D eigenvalue weighted by atomic mass is 9.59. The maximum absolute atomic E-state index is 13.1. The molecule has 0 bridgehead atoms. The molecular formula is C43H55ClN4O5. The van der Waals surface area contributed by atoms with E-state index in [0.717, 1.165) is 87.8 Å². The fourth-order valence-electron chi connectivity index (χ4n) is 10.1. The summed E-state index contributed by atoms with van der Waals surface area (Å²) >= 11 is 6.32. The van der Waals surface area contributed by atoms with Gasteiger partial charge in [-0.3, -0.25) is 9.88 Å². The first-order valence-corrected chi connectivity index (χ1v) is 20.2. The second-order valence-electron chi connectivity index (χ2n) is 16.8. The molecule has 3 aliphatic carbocycles. The van der Waals surface area contributed by atoms with E-state index in [2.05, 4.69) is 53.1 Å². The molecule has 1 saturated heterocycles. The van der Waals surface area contributed by atoms with E-state index < -0.39 is 11.5 Å². The number of piperazine rings is 1. The van der Waals surface area contributed by atoms with Crippen LogP contribution in [0.4, 0.5) is 5.69 Å². The molecular weight excluding hydrogens is 688 g/mol. The smallest absolute Gasteiger partial charge is 0.329 e. The lowest BCUT2D eigenvalue weighted by molar-refractivity contribution is -0.144. The summed E-state index contributed by atoms with van der Waals surface area (Å²) in [6.45, 7) is 10.8. The van der Waals surface area contributed by atoms with Gasteiger partial charge in [0.25, 0.3) is 0 Å². The third kappa shape index (κ3) is 7.33. The largest absolute Gasteiger partial charge is 0.493 e. The summed E-state index contributed by atoms with van der Waals surface area (Å²) in [6.07, 6.45) is 9.71. The van der Waals surface area contributed by atoms with Gasteiger partial charge in [0.05, 0.1) is 6.61 Å². The monoisotopic (exact) mass is 742 g/mol. The van der Waals surface area contributed by atoms with E-state index in [-0.39, 0.29) is 11.5 Å². The van der Waals surface area contributed by atoms with Gasteiger partial charge in [0.1, 0.15) is 24.0 Å².